The van der Waals surface area contributed by atoms with Crippen LogP contribution in [0.4, 0.5) is 0 Å². The number of carbonyl (C=O) groups is 1. The van der Waals surface area contributed by atoms with E-state index in [-0.39, 0.29) is 12.8 Å². The van der Waals surface area contributed by atoms with Crippen molar-refractivity contribution in [2.45, 2.75) is 20.8 Å². The van der Waals surface area contributed by atoms with E-state index in [4.69, 9.17) is 4.74 Å². The van der Waals surface area contributed by atoms with Gasteiger partial charge in [0.05, 0.1) is 5.92 Å². The molecular formula is C7H13O3. The maximum absolute atomic E-state index is 10.7. The standard InChI is InChI=1S/C7H13O3/c1-4-9-5-10-7(8)6(2)3/h4-5H2,1-3H3. The lowest BCUT2D eigenvalue weighted by Crippen LogP contribution is -2.12. The molecule has 0 N–H and O–H groups in total. The fourth-order valence-electron chi connectivity index (χ4n) is 0.323. The molecule has 0 aromatic carbocycles. The first-order chi connectivity index (χ1) is 4.68. The van der Waals surface area contributed by atoms with Crippen LogP contribution in [0.1, 0.15) is 20.8 Å². The second-order valence-electron chi connectivity index (χ2n) is 2.04. The number of esters is 1. The molecule has 1 radical (unpaired) electrons. The Morgan fingerprint density at radius 1 is 1.40 bits per heavy atom. The van der Waals surface area contributed by atoms with Crippen molar-refractivity contribution in [1.82, 2.24) is 0 Å². The second-order valence-corrected chi connectivity index (χ2v) is 2.04. The molecule has 0 saturated carbocycles. The SMILES string of the molecule is CCOCOC(=O)[C](C)C. The van der Waals surface area contributed by atoms with Crippen molar-refractivity contribution in [3.63, 3.8) is 0 Å². The summed E-state index contributed by atoms with van der Waals surface area (Å²) in [4.78, 5) is 10.7. The molecule has 0 bridgehead atoms. The molecule has 0 fully saturated rings. The van der Waals surface area contributed by atoms with E-state index >= 15 is 0 Å². The Morgan fingerprint density at radius 2 is 2.00 bits per heavy atom. The Bertz CT molecular complexity index is 99.0. The van der Waals surface area contributed by atoms with Crippen LogP contribution in [0.5, 0.6) is 0 Å². The quantitative estimate of drug-likeness (QED) is 0.338. The molecule has 0 heterocycles. The van der Waals surface area contributed by atoms with Crippen molar-refractivity contribution in [1.29, 1.82) is 0 Å². The maximum atomic E-state index is 10.7. The summed E-state index contributed by atoms with van der Waals surface area (Å²) >= 11 is 0. The van der Waals surface area contributed by atoms with E-state index in [1.807, 2.05) is 6.92 Å². The van der Waals surface area contributed by atoms with Crippen LogP contribution in [-0.2, 0) is 14.3 Å². The first-order valence-corrected chi connectivity index (χ1v) is 3.23. The second kappa shape index (κ2) is 5.23. The van der Waals surface area contributed by atoms with Crippen LogP contribution in [0.2, 0.25) is 0 Å². The Balaban J connectivity index is 3.22. The first kappa shape index (κ1) is 9.43. The van der Waals surface area contributed by atoms with Crippen LogP contribution in [0.3, 0.4) is 0 Å². The molecule has 0 aliphatic carbocycles. The lowest BCUT2D eigenvalue weighted by atomic mass is 10.2. The average molecular weight is 145 g/mol. The minimum absolute atomic E-state index is 0.0561. The van der Waals surface area contributed by atoms with Gasteiger partial charge in [-0.25, -0.2) is 0 Å². The summed E-state index contributed by atoms with van der Waals surface area (Å²) in [5.74, 6) is 0.341. The summed E-state index contributed by atoms with van der Waals surface area (Å²) in [6.45, 7) is 5.87. The predicted molar refractivity (Wildman–Crippen MR) is 37.2 cm³/mol. The van der Waals surface area contributed by atoms with Crippen molar-refractivity contribution in [2.75, 3.05) is 13.4 Å². The van der Waals surface area contributed by atoms with Gasteiger partial charge >= 0.3 is 5.97 Å². The Morgan fingerprint density at radius 3 is 2.40 bits per heavy atom. The van der Waals surface area contributed by atoms with Crippen LogP contribution >= 0.6 is 0 Å². The summed E-state index contributed by atoms with van der Waals surface area (Å²) in [5.41, 5.74) is 0. The molecular weight excluding hydrogens is 132 g/mol. The van der Waals surface area contributed by atoms with Crippen LogP contribution in [0.25, 0.3) is 0 Å². The fourth-order valence-corrected chi connectivity index (χ4v) is 0.323. The Labute approximate surface area is 61.3 Å². The molecule has 0 rings (SSSR count). The molecule has 0 saturated heterocycles. The zero-order chi connectivity index (χ0) is 7.98. The van der Waals surface area contributed by atoms with E-state index in [1.54, 1.807) is 13.8 Å². The largest absolute Gasteiger partial charge is 0.438 e. The van der Waals surface area contributed by atoms with Gasteiger partial charge in [-0.15, -0.1) is 0 Å². The molecule has 0 unspecified atom stereocenters. The maximum Gasteiger partial charge on any atom is 0.314 e. The van der Waals surface area contributed by atoms with Crippen molar-refractivity contribution in [3.05, 3.63) is 5.92 Å². The molecule has 59 valence electrons. The summed E-state index contributed by atoms with van der Waals surface area (Å²) < 4.78 is 9.44. The highest BCUT2D eigenvalue weighted by atomic mass is 16.7. The summed E-state index contributed by atoms with van der Waals surface area (Å²) in [7, 11) is 0. The number of hydrogen-bond acceptors (Lipinski definition) is 3. The topological polar surface area (TPSA) is 35.5 Å². The van der Waals surface area contributed by atoms with Crippen molar-refractivity contribution in [2.24, 2.45) is 0 Å². The van der Waals surface area contributed by atoms with Gasteiger partial charge in [-0.2, -0.15) is 0 Å². The predicted octanol–water partition coefficient (Wildman–Crippen LogP) is 1.14. The van der Waals surface area contributed by atoms with Gasteiger partial charge in [0.25, 0.3) is 0 Å². The molecule has 0 aliphatic heterocycles. The van der Waals surface area contributed by atoms with Crippen LogP contribution < -0.4 is 0 Å². The highest BCUT2D eigenvalue weighted by molar-refractivity contribution is 5.83. The summed E-state index contributed by atoms with van der Waals surface area (Å²) in [6.07, 6.45) is 0. The average Bonchev–Trinajstić information content (AvgIpc) is 1.88. The molecule has 0 aromatic heterocycles. The van der Waals surface area contributed by atoms with E-state index in [2.05, 4.69) is 4.74 Å². The number of rotatable bonds is 4. The van der Waals surface area contributed by atoms with Gasteiger partial charge in [-0.1, -0.05) is 0 Å². The summed E-state index contributed by atoms with van der Waals surface area (Å²) in [5, 5.41) is 0. The summed E-state index contributed by atoms with van der Waals surface area (Å²) in [6, 6.07) is 0. The minimum Gasteiger partial charge on any atom is -0.438 e. The zero-order valence-corrected chi connectivity index (χ0v) is 6.64. The smallest absolute Gasteiger partial charge is 0.314 e. The van der Waals surface area contributed by atoms with Crippen molar-refractivity contribution < 1.29 is 14.3 Å². The Kier molecular flexibility index (Phi) is 4.94. The molecule has 0 atom stereocenters. The van der Waals surface area contributed by atoms with Gasteiger partial charge in [-0.3, -0.25) is 4.79 Å². The van der Waals surface area contributed by atoms with Gasteiger partial charge in [0, 0.05) is 6.61 Å². The van der Waals surface area contributed by atoms with Gasteiger partial charge in [0.15, 0.2) is 6.79 Å². The third-order valence-electron chi connectivity index (χ3n) is 0.886. The zero-order valence-electron chi connectivity index (χ0n) is 6.64. The van der Waals surface area contributed by atoms with Crippen molar-refractivity contribution in [3.8, 4) is 0 Å². The third-order valence-corrected chi connectivity index (χ3v) is 0.886. The number of carbonyl (C=O) groups excluding carboxylic acids is 1. The van der Waals surface area contributed by atoms with Gasteiger partial charge in [0.2, 0.25) is 0 Å². The monoisotopic (exact) mass is 145 g/mol. The molecule has 0 aliphatic rings. The lowest BCUT2D eigenvalue weighted by Gasteiger charge is -2.04. The van der Waals surface area contributed by atoms with Gasteiger partial charge in [-0.05, 0) is 20.8 Å². The first-order valence-electron chi connectivity index (χ1n) is 3.23. The van der Waals surface area contributed by atoms with E-state index in [9.17, 15) is 4.79 Å². The highest BCUT2D eigenvalue weighted by Gasteiger charge is 2.07. The Hall–Kier alpha value is -0.570. The lowest BCUT2D eigenvalue weighted by molar-refractivity contribution is -0.153. The van der Waals surface area contributed by atoms with Crippen LogP contribution in [0, 0.1) is 5.92 Å². The molecule has 0 spiro atoms. The number of hydrogen-bond donors (Lipinski definition) is 0. The highest BCUT2D eigenvalue weighted by Crippen LogP contribution is 1.97. The molecule has 0 amide bonds. The molecule has 3 nitrogen and oxygen atoms in total. The van der Waals surface area contributed by atoms with E-state index in [0.29, 0.717) is 12.5 Å². The van der Waals surface area contributed by atoms with E-state index < -0.39 is 0 Å². The molecule has 10 heavy (non-hydrogen) atoms. The fraction of sp³-hybridized carbons (Fsp3) is 0.714. The van der Waals surface area contributed by atoms with Gasteiger partial charge in [0.1, 0.15) is 0 Å². The van der Waals surface area contributed by atoms with E-state index in [0.717, 1.165) is 0 Å². The normalized spacial score (nSPS) is 10.0. The van der Waals surface area contributed by atoms with Crippen LogP contribution in [-0.4, -0.2) is 19.4 Å². The number of ether oxygens (including phenoxy) is 2. The minimum atomic E-state index is -0.298. The van der Waals surface area contributed by atoms with Crippen LogP contribution in [0.15, 0.2) is 0 Å². The van der Waals surface area contributed by atoms with Gasteiger partial charge < -0.3 is 9.47 Å². The van der Waals surface area contributed by atoms with Crippen molar-refractivity contribution >= 4 is 5.97 Å². The molecule has 3 heteroatoms. The third kappa shape index (κ3) is 4.32. The van der Waals surface area contributed by atoms with E-state index in [1.165, 1.54) is 0 Å². The molecule has 0 aromatic rings.